The second-order valence-corrected chi connectivity index (χ2v) is 4.90. The molecule has 4 aromatic heterocycles. The molecule has 7 nitrogen and oxygen atoms in total. The molecule has 0 bridgehead atoms. The van der Waals surface area contributed by atoms with Crippen LogP contribution in [-0.4, -0.2) is 19.7 Å². The minimum absolute atomic E-state index is 0.120. The van der Waals surface area contributed by atoms with Gasteiger partial charge in [-0.2, -0.15) is 15.1 Å². The van der Waals surface area contributed by atoms with E-state index in [9.17, 15) is 0 Å². The molecule has 0 spiro atoms. The van der Waals surface area contributed by atoms with Crippen LogP contribution < -0.4 is 4.90 Å². The summed E-state index contributed by atoms with van der Waals surface area (Å²) in [5.74, 6) is 1.64. The first-order chi connectivity index (χ1) is 10.7. The van der Waals surface area contributed by atoms with Crippen molar-refractivity contribution in [3.63, 3.8) is 0 Å². The summed E-state index contributed by atoms with van der Waals surface area (Å²) in [6, 6.07) is 7.19. The van der Waals surface area contributed by atoms with E-state index < -0.39 is 0 Å². The molecule has 0 amide bonds. The molecule has 110 valence electrons. The first-order valence-electron chi connectivity index (χ1n) is 6.46. The molecule has 4 heterocycles. The van der Waals surface area contributed by atoms with Crippen molar-refractivity contribution in [2.45, 2.75) is 0 Å². The summed E-state index contributed by atoms with van der Waals surface area (Å²) >= 11 is 6.07. The number of rotatable bonds is 3. The van der Waals surface area contributed by atoms with Crippen LogP contribution in [-0.2, 0) is 7.05 Å². The smallest absolute Gasteiger partial charge is 0.226 e. The van der Waals surface area contributed by atoms with E-state index in [0.717, 1.165) is 5.39 Å². The summed E-state index contributed by atoms with van der Waals surface area (Å²) in [7, 11) is 1.79. The molecule has 0 aliphatic rings. The molecule has 0 aliphatic heterocycles. The zero-order valence-corrected chi connectivity index (χ0v) is 12.2. The van der Waals surface area contributed by atoms with E-state index in [0.29, 0.717) is 23.2 Å². The number of anilines is 3. The van der Waals surface area contributed by atoms with Gasteiger partial charge in [0.05, 0.1) is 24.1 Å². The number of nitrogens with zero attached hydrogens (tertiary/aromatic N) is 5. The van der Waals surface area contributed by atoms with E-state index in [4.69, 9.17) is 20.4 Å². The Balaban J connectivity index is 2.01. The molecule has 4 rings (SSSR count). The van der Waals surface area contributed by atoms with Gasteiger partial charge >= 0.3 is 0 Å². The van der Waals surface area contributed by atoms with Gasteiger partial charge in [0.2, 0.25) is 17.1 Å². The predicted molar refractivity (Wildman–Crippen MR) is 80.5 cm³/mol. The maximum atomic E-state index is 6.07. The molecular weight excluding hydrogens is 306 g/mol. The van der Waals surface area contributed by atoms with Crippen molar-refractivity contribution in [1.82, 2.24) is 19.7 Å². The van der Waals surface area contributed by atoms with Gasteiger partial charge in [0.1, 0.15) is 0 Å². The summed E-state index contributed by atoms with van der Waals surface area (Å²) in [4.78, 5) is 10.3. The van der Waals surface area contributed by atoms with Gasteiger partial charge in [0.25, 0.3) is 0 Å². The van der Waals surface area contributed by atoms with E-state index in [1.807, 2.05) is 0 Å². The number of furan rings is 2. The molecule has 0 radical (unpaired) electrons. The Morgan fingerprint density at radius 3 is 2.36 bits per heavy atom. The molecule has 22 heavy (non-hydrogen) atoms. The molecule has 0 fully saturated rings. The minimum Gasteiger partial charge on any atom is -0.448 e. The van der Waals surface area contributed by atoms with Gasteiger partial charge in [0.15, 0.2) is 11.5 Å². The number of aromatic nitrogens is 4. The molecule has 0 saturated heterocycles. The van der Waals surface area contributed by atoms with Crippen molar-refractivity contribution in [3.05, 3.63) is 48.3 Å². The Labute approximate surface area is 129 Å². The van der Waals surface area contributed by atoms with E-state index in [2.05, 4.69) is 15.1 Å². The third-order valence-corrected chi connectivity index (χ3v) is 3.38. The Morgan fingerprint density at radius 1 is 1.09 bits per heavy atom. The lowest BCUT2D eigenvalue weighted by atomic mass is 10.3. The zero-order valence-electron chi connectivity index (χ0n) is 11.5. The van der Waals surface area contributed by atoms with E-state index >= 15 is 0 Å². The number of hydrogen-bond acceptors (Lipinski definition) is 6. The molecule has 0 N–H and O–H groups in total. The summed E-state index contributed by atoms with van der Waals surface area (Å²) in [6.07, 6.45) is 4.84. The molecule has 0 aromatic carbocycles. The Bertz CT molecular complexity index is 880. The Hall–Kier alpha value is -2.80. The van der Waals surface area contributed by atoms with Gasteiger partial charge in [-0.1, -0.05) is 0 Å². The van der Waals surface area contributed by atoms with Crippen molar-refractivity contribution in [1.29, 1.82) is 0 Å². The maximum absolute atomic E-state index is 6.07. The predicted octanol–water partition coefficient (Wildman–Crippen LogP) is 3.67. The molecule has 0 saturated carbocycles. The monoisotopic (exact) mass is 315 g/mol. The van der Waals surface area contributed by atoms with Gasteiger partial charge in [-0.15, -0.1) is 0 Å². The van der Waals surface area contributed by atoms with Crippen molar-refractivity contribution in [2.24, 2.45) is 7.05 Å². The summed E-state index contributed by atoms with van der Waals surface area (Å²) in [6.45, 7) is 0. The van der Waals surface area contributed by atoms with Gasteiger partial charge < -0.3 is 8.83 Å². The first-order valence-corrected chi connectivity index (χ1v) is 6.84. The van der Waals surface area contributed by atoms with Crippen LogP contribution in [0.3, 0.4) is 0 Å². The number of hydrogen-bond donors (Lipinski definition) is 0. The zero-order chi connectivity index (χ0) is 15.1. The van der Waals surface area contributed by atoms with Crippen LogP contribution in [0.5, 0.6) is 0 Å². The topological polar surface area (TPSA) is 73.1 Å². The number of aryl methyl sites for hydroxylation is 1. The molecule has 0 unspecified atom stereocenters. The molecule has 8 heteroatoms. The minimum atomic E-state index is 0.120. The van der Waals surface area contributed by atoms with Gasteiger partial charge in [-0.05, 0) is 23.7 Å². The third-order valence-electron chi connectivity index (χ3n) is 3.21. The van der Waals surface area contributed by atoms with E-state index in [1.165, 1.54) is 0 Å². The van der Waals surface area contributed by atoms with Crippen molar-refractivity contribution < 1.29 is 8.83 Å². The van der Waals surface area contributed by atoms with E-state index in [1.54, 1.807) is 59.6 Å². The number of fused-ring (bicyclic) bond motifs is 1. The van der Waals surface area contributed by atoms with Crippen molar-refractivity contribution >= 4 is 40.2 Å². The second kappa shape index (κ2) is 4.88. The van der Waals surface area contributed by atoms with Crippen LogP contribution in [0, 0.1) is 0 Å². The Morgan fingerprint density at radius 2 is 1.77 bits per heavy atom. The van der Waals surface area contributed by atoms with Gasteiger partial charge in [-0.25, -0.2) is 4.90 Å². The average Bonchev–Trinajstić information content (AvgIpc) is 3.23. The third kappa shape index (κ3) is 1.94. The van der Waals surface area contributed by atoms with Crippen LogP contribution in [0.2, 0.25) is 5.28 Å². The quantitative estimate of drug-likeness (QED) is 0.537. The second-order valence-electron chi connectivity index (χ2n) is 4.56. The molecule has 4 aromatic rings. The van der Waals surface area contributed by atoms with Crippen LogP contribution >= 0.6 is 11.6 Å². The van der Waals surface area contributed by atoms with Gasteiger partial charge in [0, 0.05) is 19.2 Å². The van der Waals surface area contributed by atoms with Crippen LogP contribution in [0.25, 0.3) is 11.0 Å². The molecular formula is C14H10ClN5O2. The highest BCUT2D eigenvalue weighted by atomic mass is 35.5. The largest absolute Gasteiger partial charge is 0.448 e. The standard InChI is InChI=1S/C14H10ClN5O2/c1-19-12-9(8-16-19)13(18-14(15)17-12)20(10-4-2-6-21-10)11-5-3-7-22-11/h2-8H,1H3. The highest BCUT2D eigenvalue weighted by Gasteiger charge is 2.23. The highest BCUT2D eigenvalue weighted by molar-refractivity contribution is 6.28. The van der Waals surface area contributed by atoms with Crippen molar-refractivity contribution in [3.8, 4) is 0 Å². The van der Waals surface area contributed by atoms with Crippen LogP contribution in [0.1, 0.15) is 0 Å². The Kier molecular flexibility index (Phi) is 2.87. The van der Waals surface area contributed by atoms with Gasteiger partial charge in [-0.3, -0.25) is 4.68 Å². The SMILES string of the molecule is Cn1ncc2c(N(c3ccco3)c3ccco3)nc(Cl)nc21. The highest BCUT2D eigenvalue weighted by Crippen LogP contribution is 2.37. The fourth-order valence-electron chi connectivity index (χ4n) is 2.26. The lowest BCUT2D eigenvalue weighted by Gasteiger charge is -2.18. The van der Waals surface area contributed by atoms with E-state index in [-0.39, 0.29) is 5.28 Å². The van der Waals surface area contributed by atoms with Crippen LogP contribution in [0.4, 0.5) is 17.6 Å². The molecule has 0 aliphatic carbocycles. The van der Waals surface area contributed by atoms with Crippen LogP contribution in [0.15, 0.2) is 51.8 Å². The molecule has 0 atom stereocenters. The fourth-order valence-corrected chi connectivity index (χ4v) is 2.42. The maximum Gasteiger partial charge on any atom is 0.226 e. The van der Waals surface area contributed by atoms with Crippen molar-refractivity contribution in [2.75, 3.05) is 4.90 Å². The average molecular weight is 316 g/mol. The fraction of sp³-hybridized carbons (Fsp3) is 0.0714. The summed E-state index contributed by atoms with van der Waals surface area (Å²) in [5, 5.41) is 5.07. The first kappa shape index (κ1) is 12.9. The normalized spacial score (nSPS) is 11.2. The summed E-state index contributed by atoms with van der Waals surface area (Å²) < 4.78 is 12.6. The number of halogens is 1. The summed E-state index contributed by atoms with van der Waals surface area (Å²) in [5.41, 5.74) is 0.623. The lowest BCUT2D eigenvalue weighted by molar-refractivity contribution is 0.538. The lowest BCUT2D eigenvalue weighted by Crippen LogP contribution is -2.11.